The van der Waals surface area contributed by atoms with Crippen molar-refractivity contribution in [3.8, 4) is 5.88 Å². The number of hydrogen-bond acceptors (Lipinski definition) is 4. The predicted octanol–water partition coefficient (Wildman–Crippen LogP) is 1.51. The summed E-state index contributed by atoms with van der Waals surface area (Å²) in [6, 6.07) is 1.86. The maximum Gasteiger partial charge on any atom is 0.216 e. The van der Waals surface area contributed by atoms with Gasteiger partial charge in [0.2, 0.25) is 5.88 Å². The van der Waals surface area contributed by atoms with Crippen LogP contribution in [0.25, 0.3) is 0 Å². The van der Waals surface area contributed by atoms with Crippen molar-refractivity contribution in [2.24, 2.45) is 5.41 Å². The van der Waals surface area contributed by atoms with Crippen molar-refractivity contribution >= 4 is 0 Å². The van der Waals surface area contributed by atoms with E-state index in [1.165, 1.54) is 0 Å². The summed E-state index contributed by atoms with van der Waals surface area (Å²) in [5, 5.41) is 0. The minimum absolute atomic E-state index is 0.159. The summed E-state index contributed by atoms with van der Waals surface area (Å²) in [7, 11) is 0. The molecule has 0 bridgehead atoms. The molecule has 0 saturated carbocycles. The molecule has 0 N–H and O–H groups in total. The number of hydrogen-bond donors (Lipinski definition) is 0. The van der Waals surface area contributed by atoms with Crippen molar-refractivity contribution in [3.63, 3.8) is 0 Å². The van der Waals surface area contributed by atoms with Gasteiger partial charge in [0, 0.05) is 17.2 Å². The third-order valence-corrected chi connectivity index (χ3v) is 2.41. The number of aromatic nitrogens is 2. The van der Waals surface area contributed by atoms with Crippen LogP contribution in [0.1, 0.15) is 18.4 Å². The quantitative estimate of drug-likeness (QED) is 0.755. The fourth-order valence-corrected chi connectivity index (χ4v) is 1.54. The summed E-state index contributed by atoms with van der Waals surface area (Å²) in [6.45, 7) is 8.16. The Balaban J connectivity index is 1.98. The van der Waals surface area contributed by atoms with Crippen LogP contribution in [0.5, 0.6) is 5.88 Å². The summed E-state index contributed by atoms with van der Waals surface area (Å²) < 4.78 is 10.8. The van der Waals surface area contributed by atoms with E-state index >= 15 is 0 Å². The molecule has 1 fully saturated rings. The summed E-state index contributed by atoms with van der Waals surface area (Å²) in [6.07, 6.45) is 0. The van der Waals surface area contributed by atoms with Crippen LogP contribution in [-0.2, 0) is 4.74 Å². The molecule has 1 saturated heterocycles. The van der Waals surface area contributed by atoms with Gasteiger partial charge >= 0.3 is 0 Å². The Labute approximate surface area is 89.6 Å². The van der Waals surface area contributed by atoms with Crippen LogP contribution < -0.4 is 4.74 Å². The fourth-order valence-electron chi connectivity index (χ4n) is 1.54. The van der Waals surface area contributed by atoms with Crippen LogP contribution in [0.4, 0.5) is 0 Å². The van der Waals surface area contributed by atoms with Crippen molar-refractivity contribution in [1.82, 2.24) is 9.97 Å². The Hall–Kier alpha value is -1.16. The molecule has 4 heteroatoms. The standard InChI is InChI=1S/C11H16N2O2/c1-8-4-10(13-9(2)12-8)15-7-11(3)5-14-6-11/h4H,5-7H2,1-3H3. The van der Waals surface area contributed by atoms with Crippen LogP contribution in [0.2, 0.25) is 0 Å². The van der Waals surface area contributed by atoms with E-state index in [4.69, 9.17) is 9.47 Å². The van der Waals surface area contributed by atoms with Crippen LogP contribution in [0.3, 0.4) is 0 Å². The molecule has 1 aliphatic rings. The van der Waals surface area contributed by atoms with Gasteiger partial charge in [-0.1, -0.05) is 6.92 Å². The zero-order valence-corrected chi connectivity index (χ0v) is 9.41. The van der Waals surface area contributed by atoms with Crippen molar-refractivity contribution < 1.29 is 9.47 Å². The normalized spacial score (nSPS) is 18.3. The van der Waals surface area contributed by atoms with Crippen molar-refractivity contribution in [3.05, 3.63) is 17.6 Å². The first kappa shape index (κ1) is 10.4. The smallest absolute Gasteiger partial charge is 0.216 e. The molecular weight excluding hydrogens is 192 g/mol. The van der Waals surface area contributed by atoms with Crippen molar-refractivity contribution in [2.45, 2.75) is 20.8 Å². The zero-order chi connectivity index (χ0) is 10.9. The second-order valence-electron chi connectivity index (χ2n) is 4.49. The highest BCUT2D eigenvalue weighted by Gasteiger charge is 2.34. The molecule has 0 amide bonds. The van der Waals surface area contributed by atoms with Gasteiger partial charge in [0.15, 0.2) is 0 Å². The van der Waals surface area contributed by atoms with E-state index in [1.54, 1.807) is 0 Å². The second kappa shape index (κ2) is 3.77. The Morgan fingerprint density at radius 2 is 2.13 bits per heavy atom. The topological polar surface area (TPSA) is 44.2 Å². The van der Waals surface area contributed by atoms with E-state index in [-0.39, 0.29) is 5.41 Å². The maximum absolute atomic E-state index is 5.64. The molecule has 0 aliphatic carbocycles. The van der Waals surface area contributed by atoms with Gasteiger partial charge in [0.25, 0.3) is 0 Å². The van der Waals surface area contributed by atoms with Gasteiger partial charge in [-0.2, -0.15) is 4.98 Å². The number of nitrogens with zero attached hydrogens (tertiary/aromatic N) is 2. The largest absolute Gasteiger partial charge is 0.477 e. The van der Waals surface area contributed by atoms with Gasteiger partial charge in [-0.3, -0.25) is 0 Å². The van der Waals surface area contributed by atoms with Gasteiger partial charge < -0.3 is 9.47 Å². The molecule has 15 heavy (non-hydrogen) atoms. The lowest BCUT2D eigenvalue weighted by molar-refractivity contribution is -0.120. The SMILES string of the molecule is Cc1cc(OCC2(C)COC2)nc(C)n1. The van der Waals surface area contributed by atoms with E-state index in [1.807, 2.05) is 19.9 Å². The second-order valence-corrected chi connectivity index (χ2v) is 4.49. The lowest BCUT2D eigenvalue weighted by atomic mass is 9.90. The predicted molar refractivity (Wildman–Crippen MR) is 55.9 cm³/mol. The molecule has 1 aromatic rings. The maximum atomic E-state index is 5.64. The average molecular weight is 208 g/mol. The molecule has 1 aliphatic heterocycles. The molecule has 82 valence electrons. The van der Waals surface area contributed by atoms with Gasteiger partial charge in [-0.15, -0.1) is 0 Å². The van der Waals surface area contributed by atoms with Gasteiger partial charge in [-0.25, -0.2) is 4.98 Å². The van der Waals surface area contributed by atoms with Crippen molar-refractivity contribution in [2.75, 3.05) is 19.8 Å². The highest BCUT2D eigenvalue weighted by molar-refractivity contribution is 5.14. The highest BCUT2D eigenvalue weighted by Crippen LogP contribution is 2.27. The highest BCUT2D eigenvalue weighted by atomic mass is 16.5. The molecule has 0 radical (unpaired) electrons. The molecule has 0 aromatic carbocycles. The van der Waals surface area contributed by atoms with Crippen LogP contribution >= 0.6 is 0 Å². The number of ether oxygens (including phenoxy) is 2. The molecule has 0 atom stereocenters. The zero-order valence-electron chi connectivity index (χ0n) is 9.41. The van der Waals surface area contributed by atoms with Crippen LogP contribution in [-0.4, -0.2) is 29.8 Å². The Morgan fingerprint density at radius 1 is 1.40 bits per heavy atom. The Bertz CT molecular complexity index is 341. The average Bonchev–Trinajstić information content (AvgIpc) is 2.10. The third-order valence-electron chi connectivity index (χ3n) is 2.41. The summed E-state index contributed by atoms with van der Waals surface area (Å²) in [5.41, 5.74) is 1.10. The lowest BCUT2D eigenvalue weighted by Crippen LogP contribution is -2.44. The van der Waals surface area contributed by atoms with Gasteiger partial charge in [0.05, 0.1) is 19.8 Å². The monoisotopic (exact) mass is 208 g/mol. The van der Waals surface area contributed by atoms with E-state index in [9.17, 15) is 0 Å². The van der Waals surface area contributed by atoms with Gasteiger partial charge in [0.1, 0.15) is 5.82 Å². The van der Waals surface area contributed by atoms with Crippen LogP contribution in [0.15, 0.2) is 6.07 Å². The first-order chi connectivity index (χ1) is 7.07. The summed E-state index contributed by atoms with van der Waals surface area (Å²) >= 11 is 0. The number of rotatable bonds is 3. The lowest BCUT2D eigenvalue weighted by Gasteiger charge is -2.37. The van der Waals surface area contributed by atoms with Crippen molar-refractivity contribution in [1.29, 1.82) is 0 Å². The Morgan fingerprint density at radius 3 is 2.67 bits per heavy atom. The molecule has 0 unspecified atom stereocenters. The number of aryl methyl sites for hydroxylation is 2. The molecule has 2 rings (SSSR count). The first-order valence-corrected chi connectivity index (χ1v) is 5.10. The molecule has 0 spiro atoms. The first-order valence-electron chi connectivity index (χ1n) is 5.10. The summed E-state index contributed by atoms with van der Waals surface area (Å²) in [4.78, 5) is 8.42. The fraction of sp³-hybridized carbons (Fsp3) is 0.636. The van der Waals surface area contributed by atoms with E-state index in [0.717, 1.165) is 24.7 Å². The molecule has 4 nitrogen and oxygen atoms in total. The third kappa shape index (κ3) is 2.45. The molecule has 2 heterocycles. The Kier molecular flexibility index (Phi) is 2.61. The minimum Gasteiger partial charge on any atom is -0.477 e. The molecule has 1 aromatic heterocycles. The minimum atomic E-state index is 0.159. The summed E-state index contributed by atoms with van der Waals surface area (Å²) in [5.74, 6) is 1.41. The van der Waals surface area contributed by atoms with Gasteiger partial charge in [-0.05, 0) is 13.8 Å². The van der Waals surface area contributed by atoms with Crippen LogP contribution in [0, 0.1) is 19.3 Å². The van der Waals surface area contributed by atoms with E-state index < -0.39 is 0 Å². The van der Waals surface area contributed by atoms with E-state index in [2.05, 4.69) is 16.9 Å². The molecular formula is C11H16N2O2. The van der Waals surface area contributed by atoms with E-state index in [0.29, 0.717) is 12.5 Å².